The zero-order valence-corrected chi connectivity index (χ0v) is 23.6. The van der Waals surface area contributed by atoms with Crippen molar-refractivity contribution in [3.63, 3.8) is 0 Å². The highest BCUT2D eigenvalue weighted by Crippen LogP contribution is 2.43. The van der Waals surface area contributed by atoms with Crippen LogP contribution in [0.4, 0.5) is 0 Å². The summed E-state index contributed by atoms with van der Waals surface area (Å²) in [5, 5.41) is 8.05. The van der Waals surface area contributed by atoms with E-state index in [-0.39, 0.29) is 0 Å². The number of furan rings is 1. The number of thiophene rings is 1. The summed E-state index contributed by atoms with van der Waals surface area (Å²) in [4.78, 5) is 10.7. The molecule has 0 amide bonds. The molecule has 4 heterocycles. The van der Waals surface area contributed by atoms with Crippen LogP contribution in [0.1, 0.15) is 0 Å². The molecule has 0 fully saturated rings. The first-order valence-corrected chi connectivity index (χ1v) is 15.2. The van der Waals surface area contributed by atoms with Crippen LogP contribution < -0.4 is 0 Å². The first kappa shape index (κ1) is 23.1. The lowest BCUT2D eigenvalue weighted by atomic mass is 10.0. The molecule has 0 radical (unpaired) electrons. The zero-order valence-electron chi connectivity index (χ0n) is 22.8. The Bertz CT molecular complexity index is 2750. The van der Waals surface area contributed by atoms with E-state index in [0.29, 0.717) is 5.95 Å². The Kier molecular flexibility index (Phi) is 4.57. The Hall–Kier alpha value is -5.52. The molecule has 0 saturated heterocycles. The van der Waals surface area contributed by atoms with E-state index in [1.165, 1.54) is 20.2 Å². The Morgan fingerprint density at radius 3 is 2.21 bits per heavy atom. The van der Waals surface area contributed by atoms with Crippen LogP contribution in [0.25, 0.3) is 92.0 Å². The predicted molar refractivity (Wildman–Crippen MR) is 179 cm³/mol. The first-order chi connectivity index (χ1) is 21.3. The zero-order chi connectivity index (χ0) is 28.1. The summed E-state index contributed by atoms with van der Waals surface area (Å²) < 4.78 is 11.1. The number of fused-ring (bicyclic) bond motifs is 11. The van der Waals surface area contributed by atoms with Gasteiger partial charge in [0.2, 0.25) is 5.95 Å². The average Bonchev–Trinajstić information content (AvgIpc) is 3.73. The monoisotopic (exact) mass is 567 g/mol. The van der Waals surface area contributed by atoms with Gasteiger partial charge in [0.05, 0.1) is 27.6 Å². The molecule has 0 saturated carbocycles. The van der Waals surface area contributed by atoms with E-state index in [2.05, 4.69) is 120 Å². The fraction of sp³-hybridized carbons (Fsp3) is 0. The summed E-state index contributed by atoms with van der Waals surface area (Å²) in [6.45, 7) is 0. The van der Waals surface area contributed by atoms with Crippen molar-refractivity contribution in [2.45, 2.75) is 0 Å². The lowest BCUT2D eigenvalue weighted by Crippen LogP contribution is -2.03. The van der Waals surface area contributed by atoms with Crippen molar-refractivity contribution in [1.82, 2.24) is 14.5 Å². The normalized spacial score (nSPS) is 12.2. The number of rotatable bonds is 2. The highest BCUT2D eigenvalue weighted by atomic mass is 32.1. The van der Waals surface area contributed by atoms with E-state index in [9.17, 15) is 0 Å². The molecule has 0 aliphatic heterocycles. The number of para-hydroxylation sites is 3. The highest BCUT2D eigenvalue weighted by Gasteiger charge is 2.22. The molecule has 200 valence electrons. The second kappa shape index (κ2) is 8.51. The molecule has 0 atom stereocenters. The third kappa shape index (κ3) is 3.14. The van der Waals surface area contributed by atoms with Crippen molar-refractivity contribution in [1.29, 1.82) is 0 Å². The van der Waals surface area contributed by atoms with Gasteiger partial charge >= 0.3 is 0 Å². The van der Waals surface area contributed by atoms with Gasteiger partial charge in [-0.25, -0.2) is 9.97 Å². The van der Waals surface area contributed by atoms with Crippen LogP contribution in [-0.4, -0.2) is 14.5 Å². The van der Waals surface area contributed by atoms with Crippen molar-refractivity contribution in [2.24, 2.45) is 0 Å². The summed E-state index contributed by atoms with van der Waals surface area (Å²) in [5.74, 6) is 0.649. The summed E-state index contributed by atoms with van der Waals surface area (Å²) in [5.41, 5.74) is 6.83. The second-order valence-electron chi connectivity index (χ2n) is 11.0. The number of benzene rings is 6. The molecule has 4 aromatic heterocycles. The maximum Gasteiger partial charge on any atom is 0.235 e. The van der Waals surface area contributed by atoms with E-state index >= 15 is 0 Å². The molecule has 0 unspecified atom stereocenters. The fourth-order valence-electron chi connectivity index (χ4n) is 6.78. The van der Waals surface area contributed by atoms with Gasteiger partial charge in [0.15, 0.2) is 0 Å². The van der Waals surface area contributed by atoms with Crippen molar-refractivity contribution in [2.75, 3.05) is 0 Å². The van der Waals surface area contributed by atoms with Crippen LogP contribution in [0.3, 0.4) is 0 Å². The van der Waals surface area contributed by atoms with E-state index < -0.39 is 0 Å². The predicted octanol–water partition coefficient (Wildman–Crippen LogP) is 10.7. The minimum atomic E-state index is 0.649. The quantitative estimate of drug-likeness (QED) is 0.209. The molecule has 43 heavy (non-hydrogen) atoms. The SMILES string of the molecule is c1ccc2c(-c3cccc4c3sc3ccccc34)nc(-n3c4ccccc4c4ccc5oc6ccccc6c5c43)nc2c1. The van der Waals surface area contributed by atoms with Gasteiger partial charge in [-0.15, -0.1) is 11.3 Å². The minimum absolute atomic E-state index is 0.649. The maximum atomic E-state index is 6.33. The van der Waals surface area contributed by atoms with E-state index in [1.54, 1.807) is 0 Å². The third-order valence-corrected chi connectivity index (χ3v) is 9.85. The van der Waals surface area contributed by atoms with Gasteiger partial charge < -0.3 is 4.42 Å². The number of aromatic nitrogens is 3. The number of hydrogen-bond acceptors (Lipinski definition) is 4. The summed E-state index contributed by atoms with van der Waals surface area (Å²) in [7, 11) is 0. The smallest absolute Gasteiger partial charge is 0.235 e. The van der Waals surface area contributed by atoms with Crippen LogP contribution in [0.5, 0.6) is 0 Å². The first-order valence-electron chi connectivity index (χ1n) is 14.3. The van der Waals surface area contributed by atoms with Crippen molar-refractivity contribution >= 4 is 86.2 Å². The van der Waals surface area contributed by atoms with E-state index in [0.717, 1.165) is 65.9 Å². The lowest BCUT2D eigenvalue weighted by Gasteiger charge is -2.12. The minimum Gasteiger partial charge on any atom is -0.456 e. The van der Waals surface area contributed by atoms with Crippen LogP contribution in [0.15, 0.2) is 132 Å². The molecule has 0 aliphatic rings. The lowest BCUT2D eigenvalue weighted by molar-refractivity contribution is 0.669. The van der Waals surface area contributed by atoms with Gasteiger partial charge in [-0.2, -0.15) is 0 Å². The van der Waals surface area contributed by atoms with Gasteiger partial charge in [0.25, 0.3) is 0 Å². The largest absolute Gasteiger partial charge is 0.456 e. The number of nitrogens with zero attached hydrogens (tertiary/aromatic N) is 3. The molecular formula is C38H21N3OS. The molecule has 6 aromatic carbocycles. The van der Waals surface area contributed by atoms with Gasteiger partial charge in [0.1, 0.15) is 11.2 Å². The van der Waals surface area contributed by atoms with Crippen LogP contribution in [0, 0.1) is 0 Å². The molecule has 10 rings (SSSR count). The average molecular weight is 568 g/mol. The molecule has 4 nitrogen and oxygen atoms in total. The second-order valence-corrected chi connectivity index (χ2v) is 12.0. The third-order valence-electron chi connectivity index (χ3n) is 8.63. The maximum absolute atomic E-state index is 6.33. The van der Waals surface area contributed by atoms with E-state index in [4.69, 9.17) is 14.4 Å². The summed E-state index contributed by atoms with van der Waals surface area (Å²) >= 11 is 1.82. The highest BCUT2D eigenvalue weighted by molar-refractivity contribution is 7.26. The molecule has 0 N–H and O–H groups in total. The van der Waals surface area contributed by atoms with Gasteiger partial charge in [-0.3, -0.25) is 4.57 Å². The molecule has 0 spiro atoms. The molecule has 0 aliphatic carbocycles. The van der Waals surface area contributed by atoms with Crippen LogP contribution in [0.2, 0.25) is 0 Å². The molecule has 5 heteroatoms. The van der Waals surface area contributed by atoms with Crippen molar-refractivity contribution in [3.05, 3.63) is 127 Å². The van der Waals surface area contributed by atoms with Gasteiger partial charge in [0, 0.05) is 47.3 Å². The topological polar surface area (TPSA) is 43.9 Å². The molecule has 10 aromatic rings. The van der Waals surface area contributed by atoms with Gasteiger partial charge in [-0.1, -0.05) is 91.0 Å². The van der Waals surface area contributed by atoms with Crippen LogP contribution in [-0.2, 0) is 0 Å². The Labute approximate surface area is 249 Å². The summed E-state index contributed by atoms with van der Waals surface area (Å²) in [6, 6.07) is 44.6. The number of hydrogen-bond donors (Lipinski definition) is 0. The Morgan fingerprint density at radius 1 is 0.535 bits per heavy atom. The Morgan fingerprint density at radius 2 is 1.28 bits per heavy atom. The molecular weight excluding hydrogens is 547 g/mol. The van der Waals surface area contributed by atoms with E-state index in [1.807, 2.05) is 23.5 Å². The standard InChI is InChI=1S/C38H21N3OS/c1-5-16-29-26(12-1)35(28-15-9-14-25-23-11-4-8-19-33(23)43-37(25)28)40-38(39-29)41-30-17-6-2-10-22(30)24-20-21-32-34(36(24)41)27-13-3-7-18-31(27)42-32/h1-21H. The molecule has 0 bridgehead atoms. The summed E-state index contributed by atoms with van der Waals surface area (Å²) in [6.07, 6.45) is 0. The van der Waals surface area contributed by atoms with Gasteiger partial charge in [-0.05, 0) is 36.4 Å². The fourth-order valence-corrected chi connectivity index (χ4v) is 7.99. The Balaban J connectivity index is 1.38. The van der Waals surface area contributed by atoms with Crippen molar-refractivity contribution < 1.29 is 4.42 Å². The van der Waals surface area contributed by atoms with Crippen LogP contribution >= 0.6 is 11.3 Å². The van der Waals surface area contributed by atoms with Crippen molar-refractivity contribution in [3.8, 4) is 17.2 Å².